The number of anilines is 1. The minimum atomic E-state index is -0.574. The first kappa shape index (κ1) is 13.0. The van der Waals surface area contributed by atoms with E-state index in [2.05, 4.69) is 4.74 Å². The molecule has 1 heterocycles. The number of rotatable bonds is 3. The number of nitrogens with zero attached hydrogens (tertiary/aromatic N) is 1. The number of carbonyl (C=O) groups excluding carboxylic acids is 3. The molecule has 0 aromatic heterocycles. The van der Waals surface area contributed by atoms with Gasteiger partial charge in [0, 0.05) is 12.1 Å². The molecule has 0 N–H and O–H groups in total. The Balaban J connectivity index is 2.25. The van der Waals surface area contributed by atoms with Crippen LogP contribution in [0.3, 0.4) is 0 Å². The highest BCUT2D eigenvalue weighted by Crippen LogP contribution is 2.28. The smallest absolute Gasteiger partial charge is 0.333 e. The summed E-state index contributed by atoms with van der Waals surface area (Å²) in [6, 6.07) is 6.80. The first-order valence-electron chi connectivity index (χ1n) is 5.76. The van der Waals surface area contributed by atoms with Gasteiger partial charge in [0.2, 0.25) is 0 Å². The highest BCUT2D eigenvalue weighted by Gasteiger charge is 2.34. The van der Waals surface area contributed by atoms with Crippen molar-refractivity contribution >= 4 is 23.3 Å². The summed E-state index contributed by atoms with van der Waals surface area (Å²) >= 11 is 0. The number of benzene rings is 1. The number of methoxy groups -OCH3 is 1. The maximum atomic E-state index is 11.8. The van der Waals surface area contributed by atoms with Crippen LogP contribution in [0.1, 0.15) is 17.3 Å². The fraction of sp³-hybridized carbons (Fsp3) is 0.214. The number of amides is 1. The second kappa shape index (κ2) is 5.06. The number of hydrogen-bond donors (Lipinski definition) is 0. The molecule has 5 heteroatoms. The lowest BCUT2D eigenvalue weighted by atomic mass is 10.1. The Hall–Kier alpha value is -2.43. The molecular weight excluding hydrogens is 246 g/mol. The van der Waals surface area contributed by atoms with Crippen molar-refractivity contribution < 1.29 is 19.1 Å². The van der Waals surface area contributed by atoms with Gasteiger partial charge in [-0.1, -0.05) is 18.2 Å². The molecule has 0 aliphatic carbocycles. The van der Waals surface area contributed by atoms with E-state index in [-0.39, 0.29) is 6.54 Å². The molecule has 5 nitrogen and oxygen atoms in total. The van der Waals surface area contributed by atoms with Crippen molar-refractivity contribution in [2.24, 2.45) is 0 Å². The fourth-order valence-electron chi connectivity index (χ4n) is 1.90. The van der Waals surface area contributed by atoms with E-state index in [4.69, 9.17) is 0 Å². The molecule has 1 aromatic rings. The van der Waals surface area contributed by atoms with Crippen molar-refractivity contribution in [3.63, 3.8) is 0 Å². The van der Waals surface area contributed by atoms with E-state index < -0.39 is 17.7 Å². The molecule has 2 rings (SSSR count). The Morgan fingerprint density at radius 1 is 1.32 bits per heavy atom. The van der Waals surface area contributed by atoms with Gasteiger partial charge < -0.3 is 9.64 Å². The molecule has 0 fully saturated rings. The molecular formula is C14H13NO4. The minimum absolute atomic E-state index is 0.169. The van der Waals surface area contributed by atoms with E-state index in [0.29, 0.717) is 16.8 Å². The number of ether oxygens (including phenoxy) is 1. The number of fused-ring (bicyclic) bond motifs is 1. The summed E-state index contributed by atoms with van der Waals surface area (Å²) in [5, 5.41) is 0. The van der Waals surface area contributed by atoms with Crippen LogP contribution in [0.2, 0.25) is 0 Å². The Kier molecular flexibility index (Phi) is 3.46. The summed E-state index contributed by atoms with van der Waals surface area (Å²) < 4.78 is 4.57. The largest absolute Gasteiger partial charge is 0.466 e. The lowest BCUT2D eigenvalue weighted by molar-refractivity contribution is -0.136. The highest BCUT2D eigenvalue weighted by atomic mass is 16.5. The molecule has 0 bridgehead atoms. The van der Waals surface area contributed by atoms with Crippen molar-refractivity contribution in [1.29, 1.82) is 0 Å². The van der Waals surface area contributed by atoms with Crippen molar-refractivity contribution in [1.82, 2.24) is 0 Å². The Labute approximate surface area is 110 Å². The van der Waals surface area contributed by atoms with Crippen LogP contribution in [-0.2, 0) is 14.3 Å². The topological polar surface area (TPSA) is 63.7 Å². The fourth-order valence-corrected chi connectivity index (χ4v) is 1.90. The maximum absolute atomic E-state index is 11.8. The van der Waals surface area contributed by atoms with Crippen LogP contribution in [0.15, 0.2) is 35.9 Å². The van der Waals surface area contributed by atoms with Gasteiger partial charge in [-0.25, -0.2) is 4.79 Å². The van der Waals surface area contributed by atoms with Gasteiger partial charge in [0.05, 0.1) is 18.4 Å². The molecule has 1 aromatic carbocycles. The van der Waals surface area contributed by atoms with E-state index in [9.17, 15) is 14.4 Å². The number of hydrogen-bond acceptors (Lipinski definition) is 4. The minimum Gasteiger partial charge on any atom is -0.466 e. The molecule has 0 saturated carbocycles. The van der Waals surface area contributed by atoms with Crippen molar-refractivity contribution in [3.8, 4) is 0 Å². The number of esters is 1. The second-order valence-corrected chi connectivity index (χ2v) is 4.14. The Morgan fingerprint density at radius 2 is 2.00 bits per heavy atom. The van der Waals surface area contributed by atoms with E-state index >= 15 is 0 Å². The zero-order valence-electron chi connectivity index (χ0n) is 10.7. The predicted octanol–water partition coefficient (Wildman–Crippen LogP) is 1.34. The van der Waals surface area contributed by atoms with Crippen molar-refractivity contribution in [2.75, 3.05) is 18.6 Å². The van der Waals surface area contributed by atoms with E-state index in [1.807, 2.05) is 0 Å². The third kappa shape index (κ3) is 2.27. The van der Waals surface area contributed by atoms with Gasteiger partial charge >= 0.3 is 5.97 Å². The summed E-state index contributed by atoms with van der Waals surface area (Å²) in [6.45, 7) is 1.77. The molecule has 0 unspecified atom stereocenters. The van der Waals surface area contributed by atoms with Crippen LogP contribution in [0.25, 0.3) is 0 Å². The van der Waals surface area contributed by atoms with Crippen LogP contribution < -0.4 is 4.90 Å². The van der Waals surface area contributed by atoms with Gasteiger partial charge in [-0.15, -0.1) is 0 Å². The SMILES string of the molecule is COC(=O)C(C)=CCN1C(=O)C(=O)c2ccccc21. The molecule has 1 aliphatic rings. The molecule has 0 spiro atoms. The van der Waals surface area contributed by atoms with Crippen LogP contribution in [-0.4, -0.2) is 31.3 Å². The number of Topliss-reactive ketones (excluding diaryl/α,β-unsaturated/α-hetero) is 1. The monoisotopic (exact) mass is 259 g/mol. The second-order valence-electron chi connectivity index (χ2n) is 4.14. The number of para-hydroxylation sites is 1. The lowest BCUT2D eigenvalue weighted by Crippen LogP contribution is -2.30. The average molecular weight is 259 g/mol. The average Bonchev–Trinajstić information content (AvgIpc) is 2.68. The molecule has 98 valence electrons. The summed E-state index contributed by atoms with van der Waals surface area (Å²) in [7, 11) is 1.29. The predicted molar refractivity (Wildman–Crippen MR) is 68.9 cm³/mol. The van der Waals surface area contributed by atoms with Gasteiger partial charge in [-0.2, -0.15) is 0 Å². The van der Waals surface area contributed by atoms with Crippen molar-refractivity contribution in [2.45, 2.75) is 6.92 Å². The van der Waals surface area contributed by atoms with Crippen LogP contribution in [0, 0.1) is 0 Å². The first-order chi connectivity index (χ1) is 9.06. The van der Waals surface area contributed by atoms with Gasteiger partial charge in [0.15, 0.2) is 0 Å². The van der Waals surface area contributed by atoms with Gasteiger partial charge in [-0.3, -0.25) is 9.59 Å². The molecule has 0 radical (unpaired) electrons. The van der Waals surface area contributed by atoms with Crippen LogP contribution >= 0.6 is 0 Å². The molecule has 0 atom stereocenters. The first-order valence-corrected chi connectivity index (χ1v) is 5.76. The van der Waals surface area contributed by atoms with Gasteiger partial charge in [-0.05, 0) is 19.1 Å². The Morgan fingerprint density at radius 3 is 2.68 bits per heavy atom. The van der Waals surface area contributed by atoms with E-state index in [1.165, 1.54) is 12.0 Å². The molecule has 0 saturated heterocycles. The zero-order valence-corrected chi connectivity index (χ0v) is 10.7. The molecule has 1 aliphatic heterocycles. The number of carbonyl (C=O) groups is 3. The standard InChI is InChI=1S/C14H13NO4/c1-9(14(18)19-2)7-8-15-11-6-4-3-5-10(11)12(16)13(15)17/h3-7H,8H2,1-2H3. The summed E-state index contributed by atoms with van der Waals surface area (Å²) in [5.41, 5.74) is 1.37. The summed E-state index contributed by atoms with van der Waals surface area (Å²) in [6.07, 6.45) is 1.57. The normalized spacial score (nSPS) is 14.6. The van der Waals surface area contributed by atoms with E-state index in [1.54, 1.807) is 37.3 Å². The summed E-state index contributed by atoms with van der Waals surface area (Å²) in [4.78, 5) is 36.2. The van der Waals surface area contributed by atoms with Gasteiger partial charge in [0.1, 0.15) is 0 Å². The maximum Gasteiger partial charge on any atom is 0.333 e. The number of ketones is 1. The third-order valence-corrected chi connectivity index (χ3v) is 2.97. The zero-order chi connectivity index (χ0) is 14.0. The molecule has 19 heavy (non-hydrogen) atoms. The summed E-state index contributed by atoms with van der Waals surface area (Å²) in [5.74, 6) is -1.54. The van der Waals surface area contributed by atoms with E-state index in [0.717, 1.165) is 0 Å². The van der Waals surface area contributed by atoms with Gasteiger partial charge in [0.25, 0.3) is 11.7 Å². The highest BCUT2D eigenvalue weighted by molar-refractivity contribution is 6.52. The van der Waals surface area contributed by atoms with Crippen LogP contribution in [0.5, 0.6) is 0 Å². The quantitative estimate of drug-likeness (QED) is 0.467. The lowest BCUT2D eigenvalue weighted by Gasteiger charge is -2.14. The molecule has 1 amide bonds. The third-order valence-electron chi connectivity index (χ3n) is 2.97. The van der Waals surface area contributed by atoms with Crippen molar-refractivity contribution in [3.05, 3.63) is 41.5 Å². The van der Waals surface area contributed by atoms with Crippen LogP contribution in [0.4, 0.5) is 5.69 Å². The Bertz CT molecular complexity index is 589.